The van der Waals surface area contributed by atoms with Crippen LogP contribution >= 0.6 is 0 Å². The zero-order chi connectivity index (χ0) is 19.3. The van der Waals surface area contributed by atoms with Crippen LogP contribution in [0.2, 0.25) is 0 Å². The predicted molar refractivity (Wildman–Crippen MR) is 97.1 cm³/mol. The van der Waals surface area contributed by atoms with Crippen LogP contribution in [-0.2, 0) is 4.79 Å². The Morgan fingerprint density at radius 3 is 2.46 bits per heavy atom. The Bertz CT molecular complexity index is 821. The number of nitrogens with zero attached hydrogens (tertiary/aromatic N) is 2. The molecule has 0 fully saturated rings. The lowest BCUT2D eigenvalue weighted by Gasteiger charge is -2.22. The van der Waals surface area contributed by atoms with Crippen molar-refractivity contribution in [2.75, 3.05) is 18.9 Å². The summed E-state index contributed by atoms with van der Waals surface area (Å²) in [5, 5.41) is 11.8. The fourth-order valence-corrected chi connectivity index (χ4v) is 2.48. The first-order chi connectivity index (χ1) is 12.3. The number of hydrogen-bond acceptors (Lipinski definition) is 4. The summed E-state index contributed by atoms with van der Waals surface area (Å²) in [6, 6.07) is 8.28. The van der Waals surface area contributed by atoms with Crippen molar-refractivity contribution in [3.63, 3.8) is 0 Å². The Hall–Kier alpha value is -3.22. The van der Waals surface area contributed by atoms with E-state index in [1.807, 2.05) is 0 Å². The molecule has 1 heterocycles. The van der Waals surface area contributed by atoms with Gasteiger partial charge in [-0.3, -0.25) is 19.4 Å². The summed E-state index contributed by atoms with van der Waals surface area (Å²) in [4.78, 5) is 41.4. The smallest absolute Gasteiger partial charge is 0.308 e. The Balaban J connectivity index is 2.27. The van der Waals surface area contributed by atoms with Gasteiger partial charge in [0.15, 0.2) is 0 Å². The van der Waals surface area contributed by atoms with Crippen molar-refractivity contribution in [1.29, 1.82) is 0 Å². The normalized spacial score (nSPS) is 11.5. The SMILES string of the molecule is Cc1cccc(C(=O)N(C)CC(C)C(=O)O)c1NC(=O)c1ccncc1. The number of carboxylic acid groups (broad SMARTS) is 1. The highest BCUT2D eigenvalue weighted by Gasteiger charge is 2.22. The molecule has 1 aromatic heterocycles. The minimum Gasteiger partial charge on any atom is -0.481 e. The highest BCUT2D eigenvalue weighted by molar-refractivity contribution is 6.09. The maximum Gasteiger partial charge on any atom is 0.308 e. The maximum absolute atomic E-state index is 12.8. The lowest BCUT2D eigenvalue weighted by atomic mass is 10.1. The predicted octanol–water partition coefficient (Wildman–Crippen LogP) is 2.44. The minimum absolute atomic E-state index is 0.0693. The molecule has 2 amide bonds. The second-order valence-corrected chi connectivity index (χ2v) is 6.11. The summed E-state index contributed by atoms with van der Waals surface area (Å²) < 4.78 is 0. The largest absolute Gasteiger partial charge is 0.481 e. The van der Waals surface area contributed by atoms with Crippen molar-refractivity contribution >= 4 is 23.5 Å². The fraction of sp³-hybridized carbons (Fsp3) is 0.263. The van der Waals surface area contributed by atoms with Crippen molar-refractivity contribution in [3.8, 4) is 0 Å². The molecule has 0 aliphatic rings. The van der Waals surface area contributed by atoms with E-state index in [-0.39, 0.29) is 18.4 Å². The van der Waals surface area contributed by atoms with Gasteiger partial charge in [0.25, 0.3) is 11.8 Å². The standard InChI is InChI=1S/C19H21N3O4/c1-12-5-4-6-15(18(24)22(3)11-13(2)19(25)26)16(12)21-17(23)14-7-9-20-10-8-14/h4-10,13H,11H2,1-3H3,(H,21,23)(H,25,26). The van der Waals surface area contributed by atoms with E-state index in [0.717, 1.165) is 5.56 Å². The lowest BCUT2D eigenvalue weighted by Crippen LogP contribution is -2.34. The first-order valence-electron chi connectivity index (χ1n) is 8.10. The second kappa shape index (κ2) is 8.24. The number of aliphatic carboxylic acids is 1. The second-order valence-electron chi connectivity index (χ2n) is 6.11. The zero-order valence-electron chi connectivity index (χ0n) is 14.9. The number of hydrogen-bond donors (Lipinski definition) is 2. The van der Waals surface area contributed by atoms with Crippen LogP contribution in [0.15, 0.2) is 42.7 Å². The number of carboxylic acids is 1. The van der Waals surface area contributed by atoms with E-state index in [9.17, 15) is 14.4 Å². The summed E-state index contributed by atoms with van der Waals surface area (Å²) in [5.41, 5.74) is 1.88. The van der Waals surface area contributed by atoms with Crippen molar-refractivity contribution in [3.05, 3.63) is 59.4 Å². The highest BCUT2D eigenvalue weighted by atomic mass is 16.4. The van der Waals surface area contributed by atoms with Gasteiger partial charge in [0.05, 0.1) is 17.2 Å². The molecule has 7 heteroatoms. The first kappa shape index (κ1) is 19.1. The van der Waals surface area contributed by atoms with Gasteiger partial charge in [-0.05, 0) is 30.7 Å². The van der Waals surface area contributed by atoms with E-state index in [1.54, 1.807) is 44.3 Å². The molecule has 0 saturated heterocycles. The molecule has 0 aliphatic heterocycles. The molecular formula is C19H21N3O4. The number of benzene rings is 1. The maximum atomic E-state index is 12.8. The Kier molecular flexibility index (Phi) is 6.06. The van der Waals surface area contributed by atoms with E-state index in [2.05, 4.69) is 10.3 Å². The van der Waals surface area contributed by atoms with Gasteiger partial charge in [-0.1, -0.05) is 19.1 Å². The van der Waals surface area contributed by atoms with Gasteiger partial charge in [-0.2, -0.15) is 0 Å². The van der Waals surface area contributed by atoms with E-state index >= 15 is 0 Å². The van der Waals surface area contributed by atoms with Crippen LogP contribution in [0.4, 0.5) is 5.69 Å². The van der Waals surface area contributed by atoms with Gasteiger partial charge in [-0.15, -0.1) is 0 Å². The number of carbonyl (C=O) groups is 3. The van der Waals surface area contributed by atoms with E-state index in [1.165, 1.54) is 24.2 Å². The molecule has 26 heavy (non-hydrogen) atoms. The van der Waals surface area contributed by atoms with E-state index in [0.29, 0.717) is 16.8 Å². The van der Waals surface area contributed by atoms with Crippen LogP contribution in [0, 0.1) is 12.8 Å². The number of rotatable bonds is 6. The number of aromatic nitrogens is 1. The van der Waals surface area contributed by atoms with Crippen LogP contribution in [-0.4, -0.2) is 46.4 Å². The molecule has 0 aliphatic carbocycles. The monoisotopic (exact) mass is 355 g/mol. The van der Waals surface area contributed by atoms with Crippen molar-refractivity contribution in [1.82, 2.24) is 9.88 Å². The number of amides is 2. The molecule has 2 aromatic rings. The summed E-state index contributed by atoms with van der Waals surface area (Å²) in [6.07, 6.45) is 3.03. The van der Waals surface area contributed by atoms with Gasteiger partial charge in [0.1, 0.15) is 0 Å². The van der Waals surface area contributed by atoms with Crippen molar-refractivity contribution < 1.29 is 19.5 Å². The number of pyridine rings is 1. The van der Waals surface area contributed by atoms with Gasteiger partial charge in [0, 0.05) is 31.5 Å². The third-order valence-corrected chi connectivity index (χ3v) is 4.00. The third-order valence-electron chi connectivity index (χ3n) is 4.00. The number of carbonyl (C=O) groups excluding carboxylic acids is 2. The topological polar surface area (TPSA) is 99.6 Å². The number of anilines is 1. The number of nitrogens with one attached hydrogen (secondary N) is 1. The molecule has 0 spiro atoms. The van der Waals surface area contributed by atoms with Gasteiger partial charge >= 0.3 is 5.97 Å². The first-order valence-corrected chi connectivity index (χ1v) is 8.10. The lowest BCUT2D eigenvalue weighted by molar-refractivity contribution is -0.141. The molecule has 136 valence electrons. The van der Waals surface area contributed by atoms with Gasteiger partial charge < -0.3 is 15.3 Å². The average molecular weight is 355 g/mol. The van der Waals surface area contributed by atoms with Crippen molar-refractivity contribution in [2.45, 2.75) is 13.8 Å². The minimum atomic E-state index is -0.972. The van der Waals surface area contributed by atoms with Crippen LogP contribution in [0.1, 0.15) is 33.2 Å². The summed E-state index contributed by atoms with van der Waals surface area (Å²) in [6.45, 7) is 3.40. The average Bonchev–Trinajstić information content (AvgIpc) is 2.63. The summed E-state index contributed by atoms with van der Waals surface area (Å²) >= 11 is 0. The molecule has 0 saturated carbocycles. The quantitative estimate of drug-likeness (QED) is 0.829. The van der Waals surface area contributed by atoms with Gasteiger partial charge in [-0.25, -0.2) is 0 Å². The van der Waals surface area contributed by atoms with Gasteiger partial charge in [0.2, 0.25) is 0 Å². The molecule has 1 aromatic carbocycles. The van der Waals surface area contributed by atoms with Crippen molar-refractivity contribution in [2.24, 2.45) is 5.92 Å². The number of para-hydroxylation sites is 1. The molecule has 1 atom stereocenters. The molecule has 7 nitrogen and oxygen atoms in total. The number of aryl methyl sites for hydroxylation is 1. The van der Waals surface area contributed by atoms with E-state index < -0.39 is 11.9 Å². The fourth-order valence-electron chi connectivity index (χ4n) is 2.48. The van der Waals surface area contributed by atoms with E-state index in [4.69, 9.17) is 5.11 Å². The molecule has 2 N–H and O–H groups in total. The third kappa shape index (κ3) is 4.44. The Morgan fingerprint density at radius 2 is 1.85 bits per heavy atom. The van der Waals surface area contributed by atoms with Crippen LogP contribution < -0.4 is 5.32 Å². The zero-order valence-corrected chi connectivity index (χ0v) is 14.9. The van der Waals surface area contributed by atoms with Crippen LogP contribution in [0.5, 0.6) is 0 Å². The van der Waals surface area contributed by atoms with Crippen LogP contribution in [0.25, 0.3) is 0 Å². The Labute approximate surface area is 151 Å². The molecule has 0 radical (unpaired) electrons. The molecular weight excluding hydrogens is 334 g/mol. The molecule has 0 bridgehead atoms. The molecule has 2 rings (SSSR count). The highest BCUT2D eigenvalue weighted by Crippen LogP contribution is 2.23. The summed E-state index contributed by atoms with van der Waals surface area (Å²) in [5.74, 6) is -2.37. The Morgan fingerprint density at radius 1 is 1.19 bits per heavy atom. The molecule has 1 unspecified atom stereocenters. The van der Waals surface area contributed by atoms with Crippen LogP contribution in [0.3, 0.4) is 0 Å². The summed E-state index contributed by atoms with van der Waals surface area (Å²) in [7, 11) is 1.54.